The van der Waals surface area contributed by atoms with Crippen molar-refractivity contribution in [3.8, 4) is 0 Å². The Labute approximate surface area is 153 Å². The second-order valence-electron chi connectivity index (χ2n) is 6.29. The Hall–Kier alpha value is -0.780. The number of pyridine rings is 1. The van der Waals surface area contributed by atoms with Crippen LogP contribution in [0.3, 0.4) is 0 Å². The molecule has 0 bridgehead atoms. The third-order valence-electron chi connectivity index (χ3n) is 3.17. The van der Waals surface area contributed by atoms with Gasteiger partial charge in [-0.3, -0.25) is 4.79 Å². The second kappa shape index (κ2) is 7.85. The fraction of sp³-hybridized carbons (Fsp3) is 0.571. The van der Waals surface area contributed by atoms with E-state index in [1.165, 1.54) is 20.8 Å². The summed E-state index contributed by atoms with van der Waals surface area (Å²) in [5.41, 5.74) is -3.11. The van der Waals surface area contributed by atoms with E-state index < -0.39 is 58.2 Å². The van der Waals surface area contributed by atoms with Gasteiger partial charge in [0.15, 0.2) is 0 Å². The fourth-order valence-corrected chi connectivity index (χ4v) is 3.02. The predicted molar refractivity (Wildman–Crippen MR) is 86.3 cm³/mol. The monoisotopic (exact) mass is 450 g/mol. The molecule has 4 nitrogen and oxygen atoms in total. The Morgan fingerprint density at radius 3 is 2.36 bits per heavy atom. The molecule has 1 aromatic heterocycles. The highest BCUT2D eigenvalue weighted by Gasteiger charge is 2.50. The summed E-state index contributed by atoms with van der Waals surface area (Å²) in [5, 5.41) is 0. The zero-order valence-electron chi connectivity index (χ0n) is 13.5. The van der Waals surface area contributed by atoms with Gasteiger partial charge in [0, 0.05) is 34.0 Å². The molecule has 0 unspecified atom stereocenters. The molecule has 11 heteroatoms. The Morgan fingerprint density at radius 2 is 1.92 bits per heavy atom. The van der Waals surface area contributed by atoms with Gasteiger partial charge in [0.25, 0.3) is 0 Å². The predicted octanol–water partition coefficient (Wildman–Crippen LogP) is 3.72. The lowest BCUT2D eigenvalue weighted by Crippen LogP contribution is -2.55. The zero-order valence-corrected chi connectivity index (χ0v) is 15.9. The van der Waals surface area contributed by atoms with Gasteiger partial charge in [0.1, 0.15) is 17.0 Å². The Morgan fingerprint density at radius 1 is 1.36 bits per heavy atom. The van der Waals surface area contributed by atoms with Crippen LogP contribution < -0.4 is 4.72 Å². The van der Waals surface area contributed by atoms with Gasteiger partial charge < -0.3 is 4.55 Å². The van der Waals surface area contributed by atoms with Crippen LogP contribution in [0, 0.1) is 5.95 Å². The van der Waals surface area contributed by atoms with Crippen molar-refractivity contribution in [2.75, 3.05) is 6.67 Å². The molecule has 0 spiro atoms. The molecule has 142 valence electrons. The summed E-state index contributed by atoms with van der Waals surface area (Å²) in [6, 6.07) is 0.998. The number of aromatic nitrogens is 1. The van der Waals surface area contributed by atoms with Crippen molar-refractivity contribution in [3.63, 3.8) is 0 Å². The van der Waals surface area contributed by atoms with Gasteiger partial charge in [0.2, 0.25) is 11.7 Å². The molecular formula is C14H16BrF5N2O2S. The van der Waals surface area contributed by atoms with Gasteiger partial charge in [-0.1, -0.05) is 0 Å². The molecule has 0 radical (unpaired) electrons. The van der Waals surface area contributed by atoms with E-state index in [1.54, 1.807) is 0 Å². The van der Waals surface area contributed by atoms with Crippen LogP contribution in [0.5, 0.6) is 0 Å². The van der Waals surface area contributed by atoms with Gasteiger partial charge in [-0.2, -0.15) is 17.6 Å². The fourth-order valence-electron chi connectivity index (χ4n) is 1.80. The highest BCUT2D eigenvalue weighted by Crippen LogP contribution is 2.35. The summed E-state index contributed by atoms with van der Waals surface area (Å²) in [4.78, 5) is 14.8. The SMILES string of the molecule is CC(C)(C)[S@@+]([O-])N[C@@](CF)(CC(=O)C(F)(F)F)c1cc(Br)cnc1F. The normalized spacial score (nSPS) is 16.4. The van der Waals surface area contributed by atoms with Crippen LogP contribution in [0.15, 0.2) is 16.7 Å². The summed E-state index contributed by atoms with van der Waals surface area (Å²) in [5.74, 6) is -3.54. The van der Waals surface area contributed by atoms with Crippen molar-refractivity contribution in [1.29, 1.82) is 0 Å². The third kappa shape index (κ3) is 5.60. The first-order valence-electron chi connectivity index (χ1n) is 6.90. The molecule has 0 aliphatic heterocycles. The summed E-state index contributed by atoms with van der Waals surface area (Å²) in [6.45, 7) is 2.85. The molecule has 0 aliphatic rings. The average molecular weight is 451 g/mol. The highest BCUT2D eigenvalue weighted by atomic mass is 79.9. The average Bonchev–Trinajstić information content (AvgIpc) is 2.46. The van der Waals surface area contributed by atoms with E-state index in [2.05, 4.69) is 25.6 Å². The van der Waals surface area contributed by atoms with Gasteiger partial charge >= 0.3 is 6.18 Å². The number of hydrogen-bond donors (Lipinski definition) is 1. The standard InChI is InChI=1S/C14H16BrF5N2O2S/c1-12(2,3)25(24)22-13(7-16,5-10(23)14(18,19)20)9-4-8(15)6-21-11(9)17/h4,6,22H,5,7H2,1-3H3/t13-,25-/m1/s1. The highest BCUT2D eigenvalue weighted by molar-refractivity contribution is 9.10. The van der Waals surface area contributed by atoms with Crippen LogP contribution in [-0.2, 0) is 21.7 Å². The van der Waals surface area contributed by atoms with E-state index in [0.29, 0.717) is 0 Å². The number of halogens is 6. The van der Waals surface area contributed by atoms with Gasteiger partial charge in [-0.15, -0.1) is 4.72 Å². The number of nitrogens with zero attached hydrogens (tertiary/aromatic N) is 1. The molecular weight excluding hydrogens is 435 g/mol. The molecule has 0 fully saturated rings. The minimum atomic E-state index is -5.25. The third-order valence-corrected chi connectivity index (χ3v) is 5.29. The van der Waals surface area contributed by atoms with Crippen LogP contribution in [-0.4, -0.2) is 32.9 Å². The lowest BCUT2D eigenvalue weighted by molar-refractivity contribution is -0.172. The Bertz CT molecular complexity index is 639. The maximum absolute atomic E-state index is 14.1. The number of hydrogen-bond acceptors (Lipinski definition) is 4. The van der Waals surface area contributed by atoms with Crippen LogP contribution in [0.1, 0.15) is 32.8 Å². The van der Waals surface area contributed by atoms with Crippen molar-refractivity contribution in [3.05, 3.63) is 28.2 Å². The number of alkyl halides is 4. The Balaban J connectivity index is 3.47. The first-order valence-corrected chi connectivity index (χ1v) is 8.84. The molecule has 0 saturated carbocycles. The summed E-state index contributed by atoms with van der Waals surface area (Å²) < 4.78 is 79.7. The summed E-state index contributed by atoms with van der Waals surface area (Å²) in [7, 11) is 0. The van der Waals surface area contributed by atoms with Gasteiger partial charge in [0.05, 0.1) is 0 Å². The van der Waals surface area contributed by atoms with E-state index in [0.717, 1.165) is 12.3 Å². The van der Waals surface area contributed by atoms with Crippen molar-refractivity contribution in [2.24, 2.45) is 0 Å². The number of rotatable bonds is 6. The van der Waals surface area contributed by atoms with E-state index in [4.69, 9.17) is 0 Å². The van der Waals surface area contributed by atoms with Crippen LogP contribution in [0.25, 0.3) is 0 Å². The number of carbonyl (C=O) groups excluding carboxylic acids is 1. The maximum atomic E-state index is 14.1. The maximum Gasteiger partial charge on any atom is 0.450 e. The molecule has 1 N–H and O–H groups in total. The van der Waals surface area contributed by atoms with Crippen molar-refractivity contribution in [1.82, 2.24) is 9.71 Å². The molecule has 0 aromatic carbocycles. The minimum Gasteiger partial charge on any atom is -0.598 e. The minimum absolute atomic E-state index is 0.157. The molecule has 0 amide bonds. The molecule has 1 heterocycles. The molecule has 1 rings (SSSR count). The van der Waals surface area contributed by atoms with Crippen molar-refractivity contribution >= 4 is 33.1 Å². The van der Waals surface area contributed by atoms with E-state index >= 15 is 0 Å². The molecule has 2 atom stereocenters. The number of Topliss-reactive ketones (excluding diaryl/α,β-unsaturated/α-hetero) is 1. The van der Waals surface area contributed by atoms with Crippen molar-refractivity contribution < 1.29 is 31.3 Å². The van der Waals surface area contributed by atoms with E-state index in [1.807, 2.05) is 0 Å². The number of carbonyl (C=O) groups is 1. The van der Waals surface area contributed by atoms with Crippen molar-refractivity contribution in [2.45, 2.75) is 43.7 Å². The molecule has 1 aromatic rings. The first kappa shape index (κ1) is 22.3. The molecule has 0 aliphatic carbocycles. The zero-order chi connectivity index (χ0) is 19.6. The van der Waals surface area contributed by atoms with E-state index in [9.17, 15) is 31.3 Å². The lowest BCUT2D eigenvalue weighted by atomic mass is 9.87. The lowest BCUT2D eigenvalue weighted by Gasteiger charge is -2.35. The smallest absolute Gasteiger partial charge is 0.450 e. The largest absolute Gasteiger partial charge is 0.598 e. The molecule has 0 saturated heterocycles. The topological polar surface area (TPSA) is 65.0 Å². The van der Waals surface area contributed by atoms with Crippen LogP contribution >= 0.6 is 15.9 Å². The Kier molecular flexibility index (Phi) is 6.99. The van der Waals surface area contributed by atoms with Crippen LogP contribution in [0.2, 0.25) is 0 Å². The number of ketones is 1. The van der Waals surface area contributed by atoms with Gasteiger partial charge in [-0.25, -0.2) is 9.37 Å². The van der Waals surface area contributed by atoms with E-state index in [-0.39, 0.29) is 4.47 Å². The second-order valence-corrected chi connectivity index (χ2v) is 9.17. The summed E-state index contributed by atoms with van der Waals surface area (Å²) >= 11 is 0.882. The quantitative estimate of drug-likeness (QED) is 0.407. The first-order chi connectivity index (χ1) is 11.2. The number of nitrogens with one attached hydrogen (secondary N) is 1. The van der Waals surface area contributed by atoms with Crippen LogP contribution in [0.4, 0.5) is 22.0 Å². The summed E-state index contributed by atoms with van der Waals surface area (Å²) in [6.07, 6.45) is -5.70. The molecule has 25 heavy (non-hydrogen) atoms. The van der Waals surface area contributed by atoms with Gasteiger partial charge in [-0.05, 0) is 42.8 Å².